The Kier molecular flexibility index (Phi) is 4.06. The van der Waals surface area contributed by atoms with Crippen LogP contribution in [0.15, 0.2) is 57.1 Å². The van der Waals surface area contributed by atoms with E-state index in [4.69, 9.17) is 9.95 Å². The SMILES string of the molecule is [N-]=[N+]=NC(=O)c1ccoc1CSc1ccccc1. The minimum atomic E-state index is -0.616. The third kappa shape index (κ3) is 2.94. The summed E-state index contributed by atoms with van der Waals surface area (Å²) in [5.74, 6) is 0.412. The molecular weight excluding hydrogens is 250 g/mol. The van der Waals surface area contributed by atoms with Gasteiger partial charge in [0.2, 0.25) is 0 Å². The fourth-order valence-corrected chi connectivity index (χ4v) is 2.27. The fourth-order valence-electron chi connectivity index (χ4n) is 1.40. The van der Waals surface area contributed by atoms with Crippen LogP contribution in [0.4, 0.5) is 0 Å². The van der Waals surface area contributed by atoms with E-state index in [0.717, 1.165) is 4.90 Å². The first-order valence-electron chi connectivity index (χ1n) is 5.15. The Balaban J connectivity index is 2.09. The van der Waals surface area contributed by atoms with Crippen LogP contribution in [0.1, 0.15) is 16.1 Å². The van der Waals surface area contributed by atoms with Gasteiger partial charge in [-0.25, -0.2) is 0 Å². The predicted molar refractivity (Wildman–Crippen MR) is 68.2 cm³/mol. The number of carbonyl (C=O) groups excluding carboxylic acids is 1. The van der Waals surface area contributed by atoms with Crippen LogP contribution >= 0.6 is 11.8 Å². The lowest BCUT2D eigenvalue weighted by Gasteiger charge is -2.00. The smallest absolute Gasteiger partial charge is 0.252 e. The lowest BCUT2D eigenvalue weighted by molar-refractivity contribution is 0.0999. The highest BCUT2D eigenvalue weighted by molar-refractivity contribution is 7.98. The van der Waals surface area contributed by atoms with Crippen LogP contribution in [-0.4, -0.2) is 5.91 Å². The third-order valence-corrected chi connectivity index (χ3v) is 3.24. The Morgan fingerprint density at radius 2 is 2.11 bits per heavy atom. The molecule has 90 valence electrons. The molecule has 1 amide bonds. The third-order valence-electron chi connectivity index (χ3n) is 2.22. The maximum absolute atomic E-state index is 11.4. The Bertz CT molecular complexity index is 588. The summed E-state index contributed by atoms with van der Waals surface area (Å²) < 4.78 is 5.23. The molecule has 1 aromatic heterocycles. The molecule has 0 spiro atoms. The van der Waals surface area contributed by atoms with E-state index in [0.29, 0.717) is 17.1 Å². The highest BCUT2D eigenvalue weighted by Gasteiger charge is 2.13. The summed E-state index contributed by atoms with van der Waals surface area (Å²) in [6, 6.07) is 11.3. The molecule has 0 aliphatic carbocycles. The first-order chi connectivity index (χ1) is 8.81. The van der Waals surface area contributed by atoms with Gasteiger partial charge < -0.3 is 4.42 Å². The number of furan rings is 1. The first-order valence-corrected chi connectivity index (χ1v) is 6.13. The average Bonchev–Trinajstić information content (AvgIpc) is 2.86. The van der Waals surface area contributed by atoms with E-state index < -0.39 is 5.91 Å². The van der Waals surface area contributed by atoms with Gasteiger partial charge in [0.1, 0.15) is 5.76 Å². The number of azide groups is 1. The van der Waals surface area contributed by atoms with Crippen LogP contribution < -0.4 is 0 Å². The summed E-state index contributed by atoms with van der Waals surface area (Å²) >= 11 is 1.55. The number of hydrogen-bond acceptors (Lipinski definition) is 3. The minimum absolute atomic E-state index is 0.316. The Morgan fingerprint density at radius 3 is 2.83 bits per heavy atom. The molecule has 1 heterocycles. The molecule has 0 unspecified atom stereocenters. The summed E-state index contributed by atoms with van der Waals surface area (Å²) in [7, 11) is 0. The van der Waals surface area contributed by atoms with E-state index in [1.54, 1.807) is 11.8 Å². The molecule has 1 aromatic carbocycles. The quantitative estimate of drug-likeness (QED) is 0.360. The fraction of sp³-hybridized carbons (Fsp3) is 0.0833. The second-order valence-electron chi connectivity index (χ2n) is 3.35. The molecule has 0 aliphatic heterocycles. The van der Waals surface area contributed by atoms with Gasteiger partial charge in [0.05, 0.1) is 17.6 Å². The molecule has 0 radical (unpaired) electrons. The van der Waals surface area contributed by atoms with Crippen molar-refractivity contribution >= 4 is 17.7 Å². The molecule has 2 rings (SSSR count). The zero-order valence-corrected chi connectivity index (χ0v) is 10.1. The van der Waals surface area contributed by atoms with Crippen molar-refractivity contribution in [1.29, 1.82) is 0 Å². The normalized spacial score (nSPS) is 9.78. The van der Waals surface area contributed by atoms with Crippen molar-refractivity contribution in [1.82, 2.24) is 0 Å². The Labute approximate surface area is 107 Å². The topological polar surface area (TPSA) is 79.0 Å². The van der Waals surface area contributed by atoms with Crippen molar-refractivity contribution in [2.75, 3.05) is 0 Å². The highest BCUT2D eigenvalue weighted by atomic mass is 32.2. The van der Waals surface area contributed by atoms with Crippen molar-refractivity contribution in [2.24, 2.45) is 5.11 Å². The molecule has 0 saturated carbocycles. The van der Waals surface area contributed by atoms with Crippen LogP contribution in [-0.2, 0) is 5.75 Å². The molecule has 0 fully saturated rings. The average molecular weight is 259 g/mol. The molecule has 0 N–H and O–H groups in total. The monoisotopic (exact) mass is 259 g/mol. The van der Waals surface area contributed by atoms with Gasteiger partial charge in [-0.15, -0.1) is 11.8 Å². The Hall–Kier alpha value is -2.17. The summed E-state index contributed by atoms with van der Waals surface area (Å²) in [4.78, 5) is 15.0. The van der Waals surface area contributed by atoms with Crippen molar-refractivity contribution in [2.45, 2.75) is 10.6 Å². The molecule has 0 bridgehead atoms. The van der Waals surface area contributed by atoms with E-state index >= 15 is 0 Å². The van der Waals surface area contributed by atoms with E-state index in [2.05, 4.69) is 10.0 Å². The van der Waals surface area contributed by atoms with Gasteiger partial charge in [-0.05, 0) is 28.8 Å². The minimum Gasteiger partial charge on any atom is -0.468 e. The van der Waals surface area contributed by atoms with Crippen LogP contribution in [0.3, 0.4) is 0 Å². The molecule has 2 aromatic rings. The molecule has 18 heavy (non-hydrogen) atoms. The van der Waals surface area contributed by atoms with Crippen LogP contribution in [0.5, 0.6) is 0 Å². The summed E-state index contributed by atoms with van der Waals surface area (Å²) in [5.41, 5.74) is 8.55. The van der Waals surface area contributed by atoms with Crippen molar-refractivity contribution < 1.29 is 9.21 Å². The van der Waals surface area contributed by atoms with Crippen LogP contribution in [0.2, 0.25) is 0 Å². The zero-order valence-electron chi connectivity index (χ0n) is 9.31. The number of nitrogens with zero attached hydrogens (tertiary/aromatic N) is 3. The second kappa shape index (κ2) is 5.95. The van der Waals surface area contributed by atoms with Crippen molar-refractivity contribution in [3.63, 3.8) is 0 Å². The van der Waals surface area contributed by atoms with E-state index in [-0.39, 0.29) is 0 Å². The summed E-state index contributed by atoms with van der Waals surface area (Å²) in [6.07, 6.45) is 1.42. The molecule has 6 heteroatoms. The van der Waals surface area contributed by atoms with Gasteiger partial charge in [-0.2, -0.15) is 0 Å². The van der Waals surface area contributed by atoms with Crippen molar-refractivity contribution in [3.8, 4) is 0 Å². The number of hydrogen-bond donors (Lipinski definition) is 0. The molecule has 0 aliphatic rings. The Morgan fingerprint density at radius 1 is 1.33 bits per heavy atom. The van der Waals surface area contributed by atoms with Crippen molar-refractivity contribution in [3.05, 3.63) is 64.4 Å². The molecule has 0 atom stereocenters. The summed E-state index contributed by atoms with van der Waals surface area (Å²) in [6.45, 7) is 0. The van der Waals surface area contributed by atoms with Crippen LogP contribution in [0, 0.1) is 0 Å². The van der Waals surface area contributed by atoms with Gasteiger partial charge in [0, 0.05) is 9.81 Å². The maximum Gasteiger partial charge on any atom is 0.252 e. The van der Waals surface area contributed by atoms with Crippen LogP contribution in [0.25, 0.3) is 10.4 Å². The van der Waals surface area contributed by atoms with Gasteiger partial charge in [0.15, 0.2) is 0 Å². The summed E-state index contributed by atoms with van der Waals surface area (Å²) in [5, 5.41) is 3.06. The molecular formula is C12H9N3O2S. The lowest BCUT2D eigenvalue weighted by Crippen LogP contribution is -1.95. The second-order valence-corrected chi connectivity index (χ2v) is 4.40. The highest BCUT2D eigenvalue weighted by Crippen LogP contribution is 2.25. The number of benzene rings is 1. The number of thioether (sulfide) groups is 1. The molecule has 0 saturated heterocycles. The van der Waals surface area contributed by atoms with E-state index in [1.165, 1.54) is 12.3 Å². The molecule has 5 nitrogen and oxygen atoms in total. The van der Waals surface area contributed by atoms with Gasteiger partial charge >= 0.3 is 0 Å². The number of amides is 1. The van der Waals surface area contributed by atoms with Gasteiger partial charge in [0.25, 0.3) is 5.91 Å². The van der Waals surface area contributed by atoms with Gasteiger partial charge in [-0.1, -0.05) is 18.2 Å². The largest absolute Gasteiger partial charge is 0.468 e. The number of carbonyl (C=O) groups is 1. The van der Waals surface area contributed by atoms with E-state index in [9.17, 15) is 4.79 Å². The van der Waals surface area contributed by atoms with E-state index in [1.807, 2.05) is 30.3 Å². The standard InChI is InChI=1S/C12H9N3O2S/c13-15-14-12(16)10-6-7-17-11(10)8-18-9-4-2-1-3-5-9/h1-7H,8H2. The predicted octanol–water partition coefficient (Wildman–Crippen LogP) is 4.02. The van der Waals surface area contributed by atoms with Gasteiger partial charge in [-0.3, -0.25) is 4.79 Å². The maximum atomic E-state index is 11.4. The first kappa shape index (κ1) is 12.3. The lowest BCUT2D eigenvalue weighted by atomic mass is 10.2. The number of rotatable bonds is 4. The zero-order chi connectivity index (χ0) is 12.8.